The molecule has 2 N–H and O–H groups in total. The van der Waals surface area contributed by atoms with Crippen molar-refractivity contribution < 1.29 is 9.59 Å². The summed E-state index contributed by atoms with van der Waals surface area (Å²) in [6.07, 6.45) is 1.44. The number of aromatic nitrogens is 2. The molecule has 0 unspecified atom stereocenters. The van der Waals surface area contributed by atoms with Crippen LogP contribution in [-0.2, 0) is 11.3 Å². The zero-order valence-corrected chi connectivity index (χ0v) is 16.1. The first-order chi connectivity index (χ1) is 13.0. The zero-order chi connectivity index (χ0) is 19.4. The monoisotopic (exact) mass is 428 g/mol. The van der Waals surface area contributed by atoms with E-state index in [4.69, 9.17) is 0 Å². The molecule has 3 rings (SSSR count). The Morgan fingerprint density at radius 1 is 1.15 bits per heavy atom. The number of halogens is 1. The van der Waals surface area contributed by atoms with E-state index in [1.165, 1.54) is 10.9 Å². The second kappa shape index (κ2) is 8.13. The minimum Gasteiger partial charge on any atom is -0.298 e. The fourth-order valence-corrected chi connectivity index (χ4v) is 2.96. The van der Waals surface area contributed by atoms with Crippen molar-refractivity contribution in [1.82, 2.24) is 20.4 Å². The molecular weight excluding hydrogens is 412 g/mol. The van der Waals surface area contributed by atoms with E-state index in [9.17, 15) is 14.4 Å². The Bertz CT molecular complexity index is 1080. The van der Waals surface area contributed by atoms with Crippen molar-refractivity contribution in [3.8, 4) is 0 Å². The molecule has 138 valence electrons. The van der Waals surface area contributed by atoms with E-state index in [2.05, 4.69) is 31.8 Å². The van der Waals surface area contributed by atoms with E-state index in [1.807, 2.05) is 25.1 Å². The van der Waals surface area contributed by atoms with E-state index in [1.54, 1.807) is 24.3 Å². The van der Waals surface area contributed by atoms with E-state index >= 15 is 0 Å². The lowest BCUT2D eigenvalue weighted by molar-refractivity contribution is -0.122. The number of hydrazine groups is 1. The van der Waals surface area contributed by atoms with Crippen LogP contribution >= 0.6 is 15.9 Å². The van der Waals surface area contributed by atoms with Gasteiger partial charge in [0.25, 0.3) is 11.5 Å². The van der Waals surface area contributed by atoms with Crippen LogP contribution in [0.25, 0.3) is 10.9 Å². The van der Waals surface area contributed by atoms with Crippen LogP contribution in [0.1, 0.15) is 22.3 Å². The fraction of sp³-hybridized carbons (Fsp3) is 0.158. The van der Waals surface area contributed by atoms with Gasteiger partial charge in [0.15, 0.2) is 0 Å². The second-order valence-corrected chi connectivity index (χ2v) is 6.89. The van der Waals surface area contributed by atoms with Crippen molar-refractivity contribution in [3.63, 3.8) is 0 Å². The number of benzene rings is 2. The number of hydrogen-bond acceptors (Lipinski definition) is 4. The van der Waals surface area contributed by atoms with Crippen molar-refractivity contribution in [2.45, 2.75) is 19.9 Å². The Labute approximate surface area is 163 Å². The molecule has 8 heteroatoms. The van der Waals surface area contributed by atoms with Gasteiger partial charge in [0.1, 0.15) is 0 Å². The van der Waals surface area contributed by atoms with Crippen molar-refractivity contribution in [1.29, 1.82) is 0 Å². The Morgan fingerprint density at radius 3 is 2.70 bits per heavy atom. The van der Waals surface area contributed by atoms with Gasteiger partial charge in [-0.15, -0.1) is 0 Å². The van der Waals surface area contributed by atoms with Crippen LogP contribution in [0.2, 0.25) is 0 Å². The Hall–Kier alpha value is -3.00. The van der Waals surface area contributed by atoms with Gasteiger partial charge in [-0.25, -0.2) is 4.98 Å². The van der Waals surface area contributed by atoms with Gasteiger partial charge in [-0.05, 0) is 36.8 Å². The van der Waals surface area contributed by atoms with E-state index in [-0.39, 0.29) is 18.5 Å². The first kappa shape index (κ1) is 18.8. The summed E-state index contributed by atoms with van der Waals surface area (Å²) >= 11 is 3.33. The smallest absolute Gasteiger partial charge is 0.269 e. The number of nitrogens with zero attached hydrogens (tertiary/aromatic N) is 2. The van der Waals surface area contributed by atoms with Crippen LogP contribution < -0.4 is 16.4 Å². The predicted octanol–water partition coefficient (Wildman–Crippen LogP) is 2.32. The number of carbonyl (C=O) groups excluding carboxylic acids is 2. The summed E-state index contributed by atoms with van der Waals surface area (Å²) in [6.45, 7) is 1.97. The first-order valence-electron chi connectivity index (χ1n) is 8.25. The molecule has 0 spiro atoms. The predicted molar refractivity (Wildman–Crippen MR) is 105 cm³/mol. The van der Waals surface area contributed by atoms with Crippen LogP contribution in [0.15, 0.2) is 58.1 Å². The summed E-state index contributed by atoms with van der Waals surface area (Å²) in [7, 11) is 0. The average Bonchev–Trinajstić information content (AvgIpc) is 2.66. The maximum atomic E-state index is 12.5. The lowest BCUT2D eigenvalue weighted by Gasteiger charge is -2.10. The molecule has 27 heavy (non-hydrogen) atoms. The Morgan fingerprint density at radius 2 is 1.93 bits per heavy atom. The second-order valence-electron chi connectivity index (χ2n) is 5.97. The van der Waals surface area contributed by atoms with Gasteiger partial charge in [-0.1, -0.05) is 34.1 Å². The maximum Gasteiger partial charge on any atom is 0.269 e. The van der Waals surface area contributed by atoms with Crippen molar-refractivity contribution in [2.24, 2.45) is 0 Å². The lowest BCUT2D eigenvalue weighted by atomic mass is 10.1. The fourth-order valence-electron chi connectivity index (χ4n) is 2.60. The number of rotatable bonds is 4. The summed E-state index contributed by atoms with van der Waals surface area (Å²) in [6, 6.07) is 12.3. The molecule has 2 amide bonds. The third-order valence-corrected chi connectivity index (χ3v) is 4.56. The van der Waals surface area contributed by atoms with Gasteiger partial charge in [-0.3, -0.25) is 29.8 Å². The molecule has 0 saturated heterocycles. The Balaban J connectivity index is 1.60. The molecule has 0 bridgehead atoms. The largest absolute Gasteiger partial charge is 0.298 e. The lowest BCUT2D eigenvalue weighted by Crippen LogP contribution is -2.42. The van der Waals surface area contributed by atoms with Gasteiger partial charge in [0.2, 0.25) is 5.91 Å². The molecule has 0 aliphatic rings. The summed E-state index contributed by atoms with van der Waals surface area (Å²) < 4.78 is 2.15. The van der Waals surface area contributed by atoms with E-state index in [0.29, 0.717) is 16.5 Å². The molecule has 0 atom stereocenters. The number of fused-ring (bicyclic) bond motifs is 1. The standard InChI is InChI=1S/C19H17BrN4O3/c1-12-4-2-3-5-14(12)18(26)23-22-17(25)8-9-24-11-21-16-7-6-13(20)10-15(16)19(24)27/h2-7,10-11H,8-9H2,1H3,(H,22,25)(H,23,26). The molecule has 0 aliphatic heterocycles. The van der Waals surface area contributed by atoms with Crippen LogP contribution in [0.3, 0.4) is 0 Å². The van der Waals surface area contributed by atoms with Gasteiger partial charge >= 0.3 is 0 Å². The number of nitrogens with one attached hydrogen (secondary N) is 2. The van der Waals surface area contributed by atoms with Crippen molar-refractivity contribution >= 4 is 38.6 Å². The topological polar surface area (TPSA) is 93.1 Å². The zero-order valence-electron chi connectivity index (χ0n) is 14.5. The number of amides is 2. The highest BCUT2D eigenvalue weighted by atomic mass is 79.9. The van der Waals surface area contributed by atoms with Crippen molar-refractivity contribution in [2.75, 3.05) is 0 Å². The highest BCUT2D eigenvalue weighted by Gasteiger charge is 2.10. The van der Waals surface area contributed by atoms with Crippen LogP contribution in [0, 0.1) is 6.92 Å². The molecular formula is C19H17BrN4O3. The van der Waals surface area contributed by atoms with Crippen LogP contribution in [0.5, 0.6) is 0 Å². The maximum absolute atomic E-state index is 12.5. The van der Waals surface area contributed by atoms with Gasteiger partial charge in [0.05, 0.1) is 17.2 Å². The third kappa shape index (κ3) is 4.40. The summed E-state index contributed by atoms with van der Waals surface area (Å²) in [5.41, 5.74) is 6.40. The molecule has 7 nitrogen and oxygen atoms in total. The molecule has 3 aromatic rings. The summed E-state index contributed by atoms with van der Waals surface area (Å²) in [5.74, 6) is -0.797. The molecule has 1 aromatic heterocycles. The molecule has 0 radical (unpaired) electrons. The van der Waals surface area contributed by atoms with Gasteiger partial charge < -0.3 is 0 Å². The SMILES string of the molecule is Cc1ccccc1C(=O)NNC(=O)CCn1cnc2ccc(Br)cc2c1=O. The minimum absolute atomic E-state index is 0.0230. The normalized spacial score (nSPS) is 10.6. The molecule has 2 aromatic carbocycles. The quantitative estimate of drug-likeness (QED) is 0.623. The molecule has 0 fully saturated rings. The highest BCUT2D eigenvalue weighted by Crippen LogP contribution is 2.14. The van der Waals surface area contributed by atoms with Crippen molar-refractivity contribution in [3.05, 3.63) is 74.7 Å². The molecule has 0 saturated carbocycles. The number of hydrogen-bond donors (Lipinski definition) is 2. The Kier molecular flexibility index (Phi) is 5.66. The van der Waals surface area contributed by atoms with Gasteiger partial charge in [0, 0.05) is 23.0 Å². The van der Waals surface area contributed by atoms with E-state index in [0.717, 1.165) is 10.0 Å². The molecule has 0 aliphatic carbocycles. The third-order valence-electron chi connectivity index (χ3n) is 4.07. The molecule has 1 heterocycles. The first-order valence-corrected chi connectivity index (χ1v) is 9.04. The summed E-state index contributed by atoms with van der Waals surface area (Å²) in [5, 5.41) is 0.472. The van der Waals surface area contributed by atoms with Gasteiger partial charge in [-0.2, -0.15) is 0 Å². The van der Waals surface area contributed by atoms with Crippen LogP contribution in [-0.4, -0.2) is 21.4 Å². The number of carbonyl (C=O) groups is 2. The average molecular weight is 429 g/mol. The van der Waals surface area contributed by atoms with Crippen LogP contribution in [0.4, 0.5) is 0 Å². The van der Waals surface area contributed by atoms with E-state index < -0.39 is 11.8 Å². The minimum atomic E-state index is -0.404. The highest BCUT2D eigenvalue weighted by molar-refractivity contribution is 9.10. The number of aryl methyl sites for hydroxylation is 2. The summed E-state index contributed by atoms with van der Waals surface area (Å²) in [4.78, 5) is 40.8.